The molecule has 11 heteroatoms. The van der Waals surface area contributed by atoms with Crippen molar-refractivity contribution in [3.05, 3.63) is 22.6 Å². The molecule has 0 radical (unpaired) electrons. The van der Waals surface area contributed by atoms with E-state index in [1.54, 1.807) is 6.08 Å². The average molecular weight is 383 g/mol. The number of ether oxygens (including phenoxy) is 1. The minimum atomic E-state index is -3.95. The van der Waals surface area contributed by atoms with Gasteiger partial charge in [-0.05, 0) is 32.6 Å². The molecule has 0 saturated carbocycles. The zero-order valence-corrected chi connectivity index (χ0v) is 15.4. The molecule has 1 aromatic heterocycles. The minimum Gasteiger partial charge on any atom is -0.463 e. The van der Waals surface area contributed by atoms with Crippen LogP contribution in [0.4, 0.5) is 10.7 Å². The lowest BCUT2D eigenvalue weighted by Crippen LogP contribution is -2.36. The summed E-state index contributed by atoms with van der Waals surface area (Å²) in [6.07, 6.45) is 6.40. The van der Waals surface area contributed by atoms with Crippen LogP contribution < -0.4 is 10.0 Å². The van der Waals surface area contributed by atoms with Crippen molar-refractivity contribution in [2.24, 2.45) is 0 Å². The standard InChI is InChI=1S/C15H21N5O5S/c1-10-16-12(13(21)25-2)18-14(17-10)19-15(22)20-26(23,24)11-8-6-4-3-5-7-9-11/h8H,3-7,9H2,1-2H3,(H2,16,17,18,19,20,22)/b11-8+. The molecule has 26 heavy (non-hydrogen) atoms. The number of anilines is 1. The van der Waals surface area contributed by atoms with Gasteiger partial charge in [0, 0.05) is 0 Å². The van der Waals surface area contributed by atoms with E-state index in [4.69, 9.17) is 0 Å². The monoisotopic (exact) mass is 383 g/mol. The zero-order chi connectivity index (χ0) is 19.2. The van der Waals surface area contributed by atoms with Crippen LogP contribution in [0.1, 0.15) is 55.0 Å². The first-order valence-corrected chi connectivity index (χ1v) is 9.64. The smallest absolute Gasteiger partial charge is 0.376 e. The predicted molar refractivity (Wildman–Crippen MR) is 92.8 cm³/mol. The highest BCUT2D eigenvalue weighted by Crippen LogP contribution is 2.20. The molecule has 1 aromatic rings. The van der Waals surface area contributed by atoms with Gasteiger partial charge < -0.3 is 4.74 Å². The van der Waals surface area contributed by atoms with E-state index >= 15 is 0 Å². The Morgan fingerprint density at radius 3 is 2.58 bits per heavy atom. The number of methoxy groups -OCH3 is 1. The zero-order valence-electron chi connectivity index (χ0n) is 14.6. The number of urea groups is 1. The van der Waals surface area contributed by atoms with Gasteiger partial charge in [-0.1, -0.05) is 18.9 Å². The van der Waals surface area contributed by atoms with Crippen molar-refractivity contribution < 1.29 is 22.7 Å². The van der Waals surface area contributed by atoms with Crippen LogP contribution in [-0.4, -0.2) is 42.5 Å². The molecular weight excluding hydrogens is 362 g/mol. The molecule has 2 N–H and O–H groups in total. The van der Waals surface area contributed by atoms with Gasteiger partial charge in [0.2, 0.25) is 11.8 Å². The number of allylic oxidation sites excluding steroid dienone is 2. The van der Waals surface area contributed by atoms with Gasteiger partial charge in [-0.2, -0.15) is 9.97 Å². The van der Waals surface area contributed by atoms with E-state index in [-0.39, 0.29) is 22.5 Å². The number of esters is 1. The number of carbonyl (C=O) groups is 2. The summed E-state index contributed by atoms with van der Waals surface area (Å²) in [7, 11) is -2.78. The molecule has 0 unspecified atom stereocenters. The Balaban J connectivity index is 2.10. The summed E-state index contributed by atoms with van der Waals surface area (Å²) in [6, 6.07) is -1.02. The number of amides is 2. The van der Waals surface area contributed by atoms with Crippen LogP contribution in [0.3, 0.4) is 0 Å². The molecule has 0 atom stereocenters. The van der Waals surface area contributed by atoms with Crippen LogP contribution in [0.15, 0.2) is 11.0 Å². The van der Waals surface area contributed by atoms with Crippen LogP contribution >= 0.6 is 0 Å². The highest BCUT2D eigenvalue weighted by atomic mass is 32.2. The third kappa shape index (κ3) is 5.48. The Bertz CT molecular complexity index is 822. The Labute approximate surface area is 151 Å². The van der Waals surface area contributed by atoms with E-state index < -0.39 is 22.0 Å². The highest BCUT2D eigenvalue weighted by molar-refractivity contribution is 7.93. The molecule has 2 amide bonds. The minimum absolute atomic E-state index is 0.168. The molecule has 0 fully saturated rings. The van der Waals surface area contributed by atoms with Crippen molar-refractivity contribution in [1.29, 1.82) is 0 Å². The van der Waals surface area contributed by atoms with E-state index in [1.807, 2.05) is 4.72 Å². The first-order valence-electron chi connectivity index (χ1n) is 8.15. The van der Waals surface area contributed by atoms with Crippen LogP contribution in [0, 0.1) is 6.92 Å². The van der Waals surface area contributed by atoms with E-state index in [9.17, 15) is 18.0 Å². The molecule has 0 spiro atoms. The number of carbonyl (C=O) groups excluding carboxylic acids is 2. The molecule has 142 valence electrons. The number of hydrogen-bond donors (Lipinski definition) is 2. The lowest BCUT2D eigenvalue weighted by Gasteiger charge is -2.13. The van der Waals surface area contributed by atoms with Crippen LogP contribution in [0.5, 0.6) is 0 Å². The first-order chi connectivity index (χ1) is 12.3. The molecule has 1 aliphatic rings. The van der Waals surface area contributed by atoms with E-state index in [0.29, 0.717) is 12.8 Å². The molecule has 2 rings (SSSR count). The number of sulfonamides is 1. The molecule has 0 aromatic carbocycles. The summed E-state index contributed by atoms with van der Waals surface area (Å²) in [5, 5.41) is 2.20. The Morgan fingerprint density at radius 1 is 1.12 bits per heavy atom. The van der Waals surface area contributed by atoms with Crippen molar-refractivity contribution >= 4 is 28.0 Å². The van der Waals surface area contributed by atoms with Gasteiger partial charge in [0.25, 0.3) is 10.0 Å². The maximum Gasteiger partial charge on any atom is 0.376 e. The molecular formula is C15H21N5O5S. The molecule has 0 aliphatic heterocycles. The second kappa shape index (κ2) is 8.70. The van der Waals surface area contributed by atoms with Crippen LogP contribution in [0.25, 0.3) is 0 Å². The number of nitrogens with one attached hydrogen (secondary N) is 2. The summed E-state index contributed by atoms with van der Waals surface area (Å²) in [5.74, 6) is -1.18. The van der Waals surface area contributed by atoms with Crippen LogP contribution in [0.2, 0.25) is 0 Å². The average Bonchev–Trinajstić information content (AvgIpc) is 2.51. The largest absolute Gasteiger partial charge is 0.463 e. The quantitative estimate of drug-likeness (QED) is 0.748. The third-order valence-electron chi connectivity index (χ3n) is 3.66. The fraction of sp³-hybridized carbons (Fsp3) is 0.533. The number of aromatic nitrogens is 3. The summed E-state index contributed by atoms with van der Waals surface area (Å²) in [6.45, 7) is 1.49. The van der Waals surface area contributed by atoms with Crippen molar-refractivity contribution in [3.8, 4) is 0 Å². The van der Waals surface area contributed by atoms with Crippen LogP contribution in [-0.2, 0) is 14.8 Å². The second-order valence-corrected chi connectivity index (χ2v) is 7.44. The van der Waals surface area contributed by atoms with E-state index in [1.165, 1.54) is 6.92 Å². The number of rotatable bonds is 4. The number of aryl methyl sites for hydroxylation is 1. The summed E-state index contributed by atoms with van der Waals surface area (Å²) in [5.41, 5.74) is 0. The Kier molecular flexibility index (Phi) is 6.61. The lowest BCUT2D eigenvalue weighted by atomic mass is 10.1. The van der Waals surface area contributed by atoms with Gasteiger partial charge in [0.1, 0.15) is 5.82 Å². The number of hydrogen-bond acceptors (Lipinski definition) is 8. The molecule has 1 heterocycles. The Morgan fingerprint density at radius 2 is 1.85 bits per heavy atom. The van der Waals surface area contributed by atoms with Gasteiger partial charge in [0.15, 0.2) is 0 Å². The molecule has 0 saturated heterocycles. The Hall–Kier alpha value is -2.56. The summed E-state index contributed by atoms with van der Waals surface area (Å²) in [4.78, 5) is 35.1. The van der Waals surface area contributed by atoms with Crippen molar-refractivity contribution in [2.75, 3.05) is 12.4 Å². The maximum absolute atomic E-state index is 12.4. The van der Waals surface area contributed by atoms with Gasteiger partial charge in [0.05, 0.1) is 12.0 Å². The predicted octanol–water partition coefficient (Wildman–Crippen LogP) is 1.66. The van der Waals surface area contributed by atoms with Gasteiger partial charge in [-0.25, -0.2) is 27.7 Å². The fourth-order valence-corrected chi connectivity index (χ4v) is 3.62. The fourth-order valence-electron chi connectivity index (χ4n) is 2.44. The third-order valence-corrected chi connectivity index (χ3v) is 5.18. The van der Waals surface area contributed by atoms with E-state index in [0.717, 1.165) is 32.8 Å². The highest BCUT2D eigenvalue weighted by Gasteiger charge is 2.22. The van der Waals surface area contributed by atoms with E-state index in [2.05, 4.69) is 25.0 Å². The number of nitrogens with zero attached hydrogens (tertiary/aromatic N) is 3. The summed E-state index contributed by atoms with van der Waals surface area (Å²) >= 11 is 0. The topological polar surface area (TPSA) is 140 Å². The normalized spacial score (nSPS) is 17.2. The van der Waals surface area contributed by atoms with Crippen molar-refractivity contribution in [3.63, 3.8) is 0 Å². The SMILES string of the molecule is COC(=O)c1nc(C)nc(NC(=O)NS(=O)(=O)/C2=C/CCCCCC2)n1. The van der Waals surface area contributed by atoms with Crippen molar-refractivity contribution in [1.82, 2.24) is 19.7 Å². The lowest BCUT2D eigenvalue weighted by molar-refractivity contribution is 0.0586. The molecule has 10 nitrogen and oxygen atoms in total. The molecule has 1 aliphatic carbocycles. The van der Waals surface area contributed by atoms with Gasteiger partial charge in [-0.3, -0.25) is 5.32 Å². The maximum atomic E-state index is 12.4. The second-order valence-electron chi connectivity index (χ2n) is 5.70. The van der Waals surface area contributed by atoms with Gasteiger partial charge >= 0.3 is 12.0 Å². The molecule has 0 bridgehead atoms. The van der Waals surface area contributed by atoms with Gasteiger partial charge in [-0.15, -0.1) is 0 Å². The van der Waals surface area contributed by atoms with Crippen molar-refractivity contribution in [2.45, 2.75) is 45.4 Å². The first kappa shape index (κ1) is 19.8. The summed E-state index contributed by atoms with van der Waals surface area (Å²) < 4.78 is 31.2.